The summed E-state index contributed by atoms with van der Waals surface area (Å²) in [5.74, 6) is 0.827. The molecule has 0 radical (unpaired) electrons. The first kappa shape index (κ1) is 14.5. The first-order chi connectivity index (χ1) is 9.58. The van der Waals surface area contributed by atoms with Crippen molar-refractivity contribution in [2.45, 2.75) is 32.7 Å². The van der Waals surface area contributed by atoms with E-state index in [4.69, 9.17) is 10.5 Å². The molecule has 0 saturated heterocycles. The Labute approximate surface area is 118 Å². The molecule has 1 unspecified atom stereocenters. The van der Waals surface area contributed by atoms with Gasteiger partial charge in [-0.15, -0.1) is 0 Å². The third-order valence-electron chi connectivity index (χ3n) is 3.17. The number of nitrogens with two attached hydrogens (primary N) is 1. The van der Waals surface area contributed by atoms with Crippen LogP contribution < -0.4 is 10.5 Å². The molecule has 0 fully saturated rings. The highest BCUT2D eigenvalue weighted by Crippen LogP contribution is 2.22. The molecule has 1 heterocycles. The number of pyridine rings is 1. The smallest absolute Gasteiger partial charge is 0.219 e. The molecule has 20 heavy (non-hydrogen) atoms. The number of aromatic nitrogens is 1. The number of ether oxygens (including phenoxy) is 1. The van der Waals surface area contributed by atoms with Crippen molar-refractivity contribution < 1.29 is 9.13 Å². The molecular weight excluding hydrogens is 255 g/mol. The summed E-state index contributed by atoms with van der Waals surface area (Å²) in [4.78, 5) is 4.24. The molecule has 1 aromatic carbocycles. The molecule has 1 atom stereocenters. The molecule has 2 aromatic rings. The lowest BCUT2D eigenvalue weighted by Crippen LogP contribution is -2.21. The van der Waals surface area contributed by atoms with Crippen LogP contribution in [-0.2, 0) is 6.42 Å². The second-order valence-corrected chi connectivity index (χ2v) is 4.89. The zero-order valence-electron chi connectivity index (χ0n) is 11.8. The van der Waals surface area contributed by atoms with Crippen molar-refractivity contribution in [1.82, 2.24) is 4.98 Å². The van der Waals surface area contributed by atoms with Gasteiger partial charge in [-0.3, -0.25) is 0 Å². The maximum atomic E-state index is 13.2. The van der Waals surface area contributed by atoms with Gasteiger partial charge in [-0.2, -0.15) is 0 Å². The van der Waals surface area contributed by atoms with Gasteiger partial charge in [0.15, 0.2) is 0 Å². The summed E-state index contributed by atoms with van der Waals surface area (Å²) < 4.78 is 18.8. The molecule has 2 N–H and O–H groups in total. The van der Waals surface area contributed by atoms with Gasteiger partial charge in [-0.1, -0.05) is 13.0 Å². The van der Waals surface area contributed by atoms with Crippen molar-refractivity contribution in [3.8, 4) is 11.6 Å². The van der Waals surface area contributed by atoms with Crippen molar-refractivity contribution in [2.24, 2.45) is 5.73 Å². The van der Waals surface area contributed by atoms with Crippen molar-refractivity contribution in [3.63, 3.8) is 0 Å². The molecule has 0 aliphatic rings. The average molecular weight is 274 g/mol. The fraction of sp³-hybridized carbons (Fsp3) is 0.312. The first-order valence-corrected chi connectivity index (χ1v) is 6.73. The summed E-state index contributed by atoms with van der Waals surface area (Å²) >= 11 is 0. The number of rotatable bonds is 5. The van der Waals surface area contributed by atoms with Crippen LogP contribution in [-0.4, -0.2) is 11.0 Å². The van der Waals surface area contributed by atoms with E-state index in [0.717, 1.165) is 18.4 Å². The minimum atomic E-state index is -0.241. The Morgan fingerprint density at radius 3 is 2.70 bits per heavy atom. The van der Waals surface area contributed by atoms with E-state index >= 15 is 0 Å². The summed E-state index contributed by atoms with van der Waals surface area (Å²) in [5.41, 5.74) is 7.54. The third-order valence-corrected chi connectivity index (χ3v) is 3.17. The molecule has 0 amide bonds. The second-order valence-electron chi connectivity index (χ2n) is 4.89. The Balaban J connectivity index is 2.04. The second kappa shape index (κ2) is 6.48. The number of halogens is 1. The van der Waals surface area contributed by atoms with Crippen LogP contribution >= 0.6 is 0 Å². The van der Waals surface area contributed by atoms with E-state index in [1.807, 2.05) is 6.07 Å². The van der Waals surface area contributed by atoms with Crippen LogP contribution in [0.4, 0.5) is 4.39 Å². The van der Waals surface area contributed by atoms with Crippen LogP contribution in [0.25, 0.3) is 0 Å². The monoisotopic (exact) mass is 274 g/mol. The van der Waals surface area contributed by atoms with E-state index < -0.39 is 0 Å². The zero-order chi connectivity index (χ0) is 14.5. The van der Waals surface area contributed by atoms with Crippen LogP contribution in [0.3, 0.4) is 0 Å². The topological polar surface area (TPSA) is 48.1 Å². The fourth-order valence-corrected chi connectivity index (χ4v) is 1.84. The Morgan fingerprint density at radius 1 is 1.30 bits per heavy atom. The normalized spacial score (nSPS) is 12.2. The lowest BCUT2D eigenvalue weighted by molar-refractivity contribution is 0.460. The molecule has 0 aliphatic carbocycles. The number of benzene rings is 1. The summed E-state index contributed by atoms with van der Waals surface area (Å²) in [6, 6.07) is 8.54. The summed E-state index contributed by atoms with van der Waals surface area (Å²) in [6.07, 6.45) is 3.51. The van der Waals surface area contributed by atoms with Gasteiger partial charge in [-0.25, -0.2) is 9.37 Å². The van der Waals surface area contributed by atoms with Crippen molar-refractivity contribution in [3.05, 3.63) is 53.5 Å². The van der Waals surface area contributed by atoms with Gasteiger partial charge in [-0.05, 0) is 49.1 Å². The molecule has 0 bridgehead atoms. The Hall–Kier alpha value is -1.94. The molecule has 0 saturated carbocycles. The molecular formula is C16H19FN2O. The van der Waals surface area contributed by atoms with Crippen LogP contribution in [0.1, 0.15) is 24.5 Å². The Morgan fingerprint density at radius 2 is 2.10 bits per heavy atom. The van der Waals surface area contributed by atoms with E-state index in [-0.39, 0.29) is 11.9 Å². The number of aryl methyl sites for hydroxylation is 1. The Bertz CT molecular complexity index is 569. The van der Waals surface area contributed by atoms with Crippen LogP contribution in [0, 0.1) is 12.7 Å². The summed E-state index contributed by atoms with van der Waals surface area (Å²) in [5, 5.41) is 0. The number of hydrogen-bond acceptors (Lipinski definition) is 3. The highest BCUT2D eigenvalue weighted by molar-refractivity contribution is 5.32. The Kier molecular flexibility index (Phi) is 4.69. The predicted octanol–water partition coefficient (Wildman–Crippen LogP) is 3.60. The number of nitrogens with zero attached hydrogens (tertiary/aromatic N) is 1. The van der Waals surface area contributed by atoms with Gasteiger partial charge in [0, 0.05) is 18.3 Å². The summed E-state index contributed by atoms with van der Waals surface area (Å²) in [7, 11) is 0. The molecule has 0 aliphatic heterocycles. The largest absolute Gasteiger partial charge is 0.439 e. The van der Waals surface area contributed by atoms with E-state index in [2.05, 4.69) is 11.9 Å². The van der Waals surface area contributed by atoms with Crippen LogP contribution in [0.5, 0.6) is 11.6 Å². The highest BCUT2D eigenvalue weighted by atomic mass is 19.1. The van der Waals surface area contributed by atoms with Gasteiger partial charge >= 0.3 is 0 Å². The van der Waals surface area contributed by atoms with Gasteiger partial charge < -0.3 is 10.5 Å². The minimum absolute atomic E-state index is 0.156. The van der Waals surface area contributed by atoms with E-state index in [9.17, 15) is 4.39 Å². The predicted molar refractivity (Wildman–Crippen MR) is 77.4 cm³/mol. The van der Waals surface area contributed by atoms with Gasteiger partial charge in [0.05, 0.1) is 0 Å². The minimum Gasteiger partial charge on any atom is -0.439 e. The van der Waals surface area contributed by atoms with E-state index in [1.54, 1.807) is 31.3 Å². The van der Waals surface area contributed by atoms with E-state index in [0.29, 0.717) is 17.2 Å². The average Bonchev–Trinajstić information content (AvgIpc) is 2.45. The molecule has 0 spiro atoms. The van der Waals surface area contributed by atoms with Gasteiger partial charge in [0.1, 0.15) is 11.6 Å². The van der Waals surface area contributed by atoms with Crippen molar-refractivity contribution in [1.29, 1.82) is 0 Å². The lowest BCUT2D eigenvalue weighted by Gasteiger charge is -2.09. The molecule has 106 valence electrons. The summed E-state index contributed by atoms with van der Waals surface area (Å²) in [6.45, 7) is 3.76. The zero-order valence-corrected chi connectivity index (χ0v) is 11.8. The van der Waals surface area contributed by atoms with Crippen molar-refractivity contribution in [2.75, 3.05) is 0 Å². The van der Waals surface area contributed by atoms with Crippen LogP contribution in [0.15, 0.2) is 36.5 Å². The van der Waals surface area contributed by atoms with Crippen LogP contribution in [0.2, 0.25) is 0 Å². The molecule has 2 rings (SSSR count). The third kappa shape index (κ3) is 3.78. The highest BCUT2D eigenvalue weighted by Gasteiger charge is 2.04. The van der Waals surface area contributed by atoms with Gasteiger partial charge in [0.25, 0.3) is 0 Å². The lowest BCUT2D eigenvalue weighted by atomic mass is 10.1. The standard InChI is InChI=1S/C16H19FN2O/c1-3-13(18)9-12-4-7-16(19-10-12)20-14-5-6-15(17)11(2)8-14/h4-8,10,13H,3,9,18H2,1-2H3. The fourth-order valence-electron chi connectivity index (χ4n) is 1.84. The molecule has 4 heteroatoms. The van der Waals surface area contributed by atoms with Gasteiger partial charge in [0.2, 0.25) is 5.88 Å². The maximum absolute atomic E-state index is 13.2. The SMILES string of the molecule is CCC(N)Cc1ccc(Oc2ccc(F)c(C)c2)nc1. The first-order valence-electron chi connectivity index (χ1n) is 6.73. The quantitative estimate of drug-likeness (QED) is 0.906. The molecule has 1 aromatic heterocycles. The molecule has 3 nitrogen and oxygen atoms in total. The number of hydrogen-bond donors (Lipinski definition) is 1. The van der Waals surface area contributed by atoms with Crippen molar-refractivity contribution >= 4 is 0 Å². The van der Waals surface area contributed by atoms with E-state index in [1.165, 1.54) is 6.07 Å². The maximum Gasteiger partial charge on any atom is 0.219 e.